The second-order valence-corrected chi connectivity index (χ2v) is 7.51. The Morgan fingerprint density at radius 3 is 2.19 bits per heavy atom. The predicted octanol–water partition coefficient (Wildman–Crippen LogP) is 4.55. The number of benzene rings is 2. The number of aromatic nitrogens is 1. The van der Waals surface area contributed by atoms with Gasteiger partial charge in [-0.2, -0.15) is 0 Å². The van der Waals surface area contributed by atoms with E-state index in [4.69, 9.17) is 11.6 Å². The van der Waals surface area contributed by atoms with Crippen LogP contribution in [-0.4, -0.2) is 22.4 Å². The van der Waals surface area contributed by atoms with Crippen LogP contribution in [0.1, 0.15) is 17.0 Å². The Balaban J connectivity index is 1.75. The van der Waals surface area contributed by atoms with Crippen LogP contribution in [0, 0.1) is 19.7 Å². The van der Waals surface area contributed by atoms with Crippen molar-refractivity contribution in [2.75, 3.05) is 4.90 Å². The first kappa shape index (κ1) is 20.6. The molecule has 0 bridgehead atoms. The van der Waals surface area contributed by atoms with Gasteiger partial charge in [-0.15, -0.1) is 0 Å². The molecular formula is C23H17ClFN3O3. The Bertz CT molecular complexity index is 1240. The number of amides is 4. The van der Waals surface area contributed by atoms with Crippen LogP contribution >= 0.6 is 11.6 Å². The number of halogens is 2. The molecule has 0 spiro atoms. The van der Waals surface area contributed by atoms with Crippen molar-refractivity contribution in [3.05, 3.63) is 88.0 Å². The minimum atomic E-state index is -0.828. The standard InChI is InChI=1S/C23H17ClFN3O3/c1-13-11-15(14(2)27(13)18-9-5-17(25)6-10-18)12-20-21(29)26-23(31)28(22(20)30)19-7-3-16(24)4-8-19/h3-12H,1-2H3,(H,26,29,31)/b20-12+. The van der Waals surface area contributed by atoms with E-state index in [9.17, 15) is 18.8 Å². The van der Waals surface area contributed by atoms with Crippen LogP contribution in [0.2, 0.25) is 5.02 Å². The summed E-state index contributed by atoms with van der Waals surface area (Å²) >= 11 is 5.88. The number of aryl methyl sites for hydroxylation is 1. The van der Waals surface area contributed by atoms with Crippen molar-refractivity contribution in [3.8, 4) is 5.69 Å². The van der Waals surface area contributed by atoms with Crippen LogP contribution in [0.25, 0.3) is 11.8 Å². The van der Waals surface area contributed by atoms with Gasteiger partial charge in [0.15, 0.2) is 0 Å². The lowest BCUT2D eigenvalue weighted by Gasteiger charge is -2.26. The first-order valence-electron chi connectivity index (χ1n) is 9.38. The van der Waals surface area contributed by atoms with Gasteiger partial charge >= 0.3 is 6.03 Å². The van der Waals surface area contributed by atoms with E-state index in [0.29, 0.717) is 16.3 Å². The molecule has 6 nitrogen and oxygen atoms in total. The third-order valence-corrected chi connectivity index (χ3v) is 5.29. The number of rotatable bonds is 3. The van der Waals surface area contributed by atoms with Gasteiger partial charge in [0.2, 0.25) is 0 Å². The van der Waals surface area contributed by atoms with Gasteiger partial charge in [-0.25, -0.2) is 14.1 Å². The maximum Gasteiger partial charge on any atom is 0.335 e. The third-order valence-electron chi connectivity index (χ3n) is 5.04. The van der Waals surface area contributed by atoms with Gasteiger partial charge in [0.25, 0.3) is 11.8 Å². The maximum atomic E-state index is 13.3. The first-order valence-corrected chi connectivity index (χ1v) is 9.76. The lowest BCUT2D eigenvalue weighted by atomic mass is 10.1. The zero-order chi connectivity index (χ0) is 22.3. The fourth-order valence-electron chi connectivity index (χ4n) is 3.56. The van der Waals surface area contributed by atoms with Crippen LogP contribution in [0.3, 0.4) is 0 Å². The fourth-order valence-corrected chi connectivity index (χ4v) is 3.68. The van der Waals surface area contributed by atoms with Crippen LogP contribution in [0.5, 0.6) is 0 Å². The number of carbonyl (C=O) groups excluding carboxylic acids is 3. The molecule has 0 unspecified atom stereocenters. The fraction of sp³-hybridized carbons (Fsp3) is 0.0870. The van der Waals surface area contributed by atoms with Gasteiger partial charge in [0.1, 0.15) is 11.4 Å². The first-order chi connectivity index (χ1) is 14.8. The van der Waals surface area contributed by atoms with Gasteiger partial charge in [-0.3, -0.25) is 14.9 Å². The molecule has 1 aliphatic heterocycles. The monoisotopic (exact) mass is 437 g/mol. The van der Waals surface area contributed by atoms with Gasteiger partial charge in [-0.1, -0.05) is 11.6 Å². The second-order valence-electron chi connectivity index (χ2n) is 7.07. The number of hydrogen-bond acceptors (Lipinski definition) is 3. The number of anilines is 1. The average Bonchev–Trinajstić information content (AvgIpc) is 3.00. The molecule has 0 saturated carbocycles. The summed E-state index contributed by atoms with van der Waals surface area (Å²) in [6.07, 6.45) is 1.45. The van der Waals surface area contributed by atoms with Crippen LogP contribution in [-0.2, 0) is 9.59 Å². The summed E-state index contributed by atoms with van der Waals surface area (Å²) in [6.45, 7) is 3.70. The van der Waals surface area contributed by atoms with E-state index < -0.39 is 17.8 Å². The zero-order valence-electron chi connectivity index (χ0n) is 16.6. The molecular weight excluding hydrogens is 421 g/mol. The van der Waals surface area contributed by atoms with Gasteiger partial charge in [0, 0.05) is 22.1 Å². The molecule has 3 aromatic rings. The summed E-state index contributed by atoms with van der Waals surface area (Å²) in [7, 11) is 0. The van der Waals surface area contributed by atoms with E-state index in [2.05, 4.69) is 5.32 Å². The van der Waals surface area contributed by atoms with Gasteiger partial charge in [-0.05, 0) is 80.1 Å². The molecule has 2 heterocycles. The summed E-state index contributed by atoms with van der Waals surface area (Å²) < 4.78 is 15.2. The molecule has 1 fully saturated rings. The highest BCUT2D eigenvalue weighted by atomic mass is 35.5. The minimum Gasteiger partial charge on any atom is -0.318 e. The lowest BCUT2D eigenvalue weighted by Crippen LogP contribution is -2.54. The number of nitrogens with zero attached hydrogens (tertiary/aromatic N) is 2. The van der Waals surface area contributed by atoms with Crippen molar-refractivity contribution in [1.29, 1.82) is 0 Å². The Morgan fingerprint density at radius 2 is 1.55 bits per heavy atom. The Kier molecular flexibility index (Phi) is 5.20. The lowest BCUT2D eigenvalue weighted by molar-refractivity contribution is -0.122. The SMILES string of the molecule is Cc1cc(/C=C2\C(=O)NC(=O)N(c3ccc(Cl)cc3)C2=O)c(C)n1-c1ccc(F)cc1. The van der Waals surface area contributed by atoms with Crippen LogP contribution in [0.4, 0.5) is 14.9 Å². The third kappa shape index (κ3) is 3.75. The smallest absolute Gasteiger partial charge is 0.318 e. The molecule has 1 N–H and O–H groups in total. The van der Waals surface area contributed by atoms with Crippen molar-refractivity contribution in [2.45, 2.75) is 13.8 Å². The highest BCUT2D eigenvalue weighted by Crippen LogP contribution is 2.26. The number of nitrogens with one attached hydrogen (secondary N) is 1. The zero-order valence-corrected chi connectivity index (χ0v) is 17.4. The van der Waals surface area contributed by atoms with E-state index in [1.165, 1.54) is 30.3 Å². The van der Waals surface area contributed by atoms with Crippen molar-refractivity contribution >= 4 is 41.2 Å². The van der Waals surface area contributed by atoms with Gasteiger partial charge < -0.3 is 4.57 Å². The Labute approximate surface area is 182 Å². The molecule has 0 radical (unpaired) electrons. The summed E-state index contributed by atoms with van der Waals surface area (Å²) in [5, 5.41) is 2.65. The van der Waals surface area contributed by atoms with E-state index in [1.54, 1.807) is 24.3 Å². The number of imide groups is 2. The van der Waals surface area contributed by atoms with E-state index in [0.717, 1.165) is 22.0 Å². The molecule has 4 rings (SSSR count). The number of barbiturate groups is 1. The summed E-state index contributed by atoms with van der Waals surface area (Å²) in [4.78, 5) is 38.7. The highest BCUT2D eigenvalue weighted by Gasteiger charge is 2.37. The van der Waals surface area contributed by atoms with E-state index in [-0.39, 0.29) is 11.4 Å². The number of carbonyl (C=O) groups is 3. The summed E-state index contributed by atoms with van der Waals surface area (Å²) in [6, 6.07) is 13.1. The minimum absolute atomic E-state index is 0.172. The molecule has 1 aromatic heterocycles. The molecule has 8 heteroatoms. The van der Waals surface area contributed by atoms with E-state index >= 15 is 0 Å². The van der Waals surface area contributed by atoms with Crippen molar-refractivity contribution in [1.82, 2.24) is 9.88 Å². The normalized spacial score (nSPS) is 15.5. The molecule has 156 valence electrons. The van der Waals surface area contributed by atoms with Gasteiger partial charge in [0.05, 0.1) is 5.69 Å². The quantitative estimate of drug-likeness (QED) is 0.482. The average molecular weight is 438 g/mol. The molecule has 1 aliphatic rings. The summed E-state index contributed by atoms with van der Waals surface area (Å²) in [5.74, 6) is -1.85. The molecule has 0 aliphatic carbocycles. The van der Waals surface area contributed by atoms with Crippen molar-refractivity contribution < 1.29 is 18.8 Å². The van der Waals surface area contributed by atoms with E-state index in [1.807, 2.05) is 24.5 Å². The van der Waals surface area contributed by atoms with Crippen LogP contribution < -0.4 is 10.2 Å². The predicted molar refractivity (Wildman–Crippen MR) is 116 cm³/mol. The largest absolute Gasteiger partial charge is 0.335 e. The summed E-state index contributed by atoms with van der Waals surface area (Å²) in [5.41, 5.74) is 3.09. The Morgan fingerprint density at radius 1 is 0.935 bits per heavy atom. The maximum absolute atomic E-state index is 13.3. The van der Waals surface area contributed by atoms with Crippen LogP contribution in [0.15, 0.2) is 60.2 Å². The second kappa shape index (κ2) is 7.85. The topological polar surface area (TPSA) is 71.4 Å². The molecule has 4 amide bonds. The van der Waals surface area contributed by atoms with Crippen molar-refractivity contribution in [3.63, 3.8) is 0 Å². The Hall–Kier alpha value is -3.71. The van der Waals surface area contributed by atoms with Crippen molar-refractivity contribution in [2.24, 2.45) is 0 Å². The molecule has 1 saturated heterocycles. The number of hydrogen-bond donors (Lipinski definition) is 1. The molecule has 0 atom stereocenters. The molecule has 2 aromatic carbocycles. The highest BCUT2D eigenvalue weighted by molar-refractivity contribution is 6.39. The molecule has 31 heavy (non-hydrogen) atoms. The number of urea groups is 1.